The van der Waals surface area contributed by atoms with Crippen LogP contribution in [0.1, 0.15) is 12.8 Å². The largest absolute Gasteiger partial charge is 0.454 e. The molecule has 0 spiro atoms. The van der Waals surface area contributed by atoms with E-state index in [4.69, 9.17) is 4.74 Å². The predicted molar refractivity (Wildman–Crippen MR) is 147 cm³/mol. The number of nitrogens with one attached hydrogen (secondary N) is 2. The van der Waals surface area contributed by atoms with E-state index in [0.29, 0.717) is 35.2 Å². The molecule has 1 aliphatic rings. The van der Waals surface area contributed by atoms with Gasteiger partial charge in [-0.1, -0.05) is 12.1 Å². The number of ether oxygens (including phenoxy) is 1. The number of fused-ring (bicyclic) bond motifs is 1. The fourth-order valence-electron chi connectivity index (χ4n) is 4.42. The van der Waals surface area contributed by atoms with Crippen LogP contribution >= 0.6 is 0 Å². The molecule has 40 heavy (non-hydrogen) atoms. The van der Waals surface area contributed by atoms with Crippen LogP contribution in [0.5, 0.6) is 11.5 Å². The molecule has 7 nitrogen and oxygen atoms in total. The van der Waals surface area contributed by atoms with Crippen molar-refractivity contribution in [1.29, 1.82) is 0 Å². The highest BCUT2D eigenvalue weighted by Crippen LogP contribution is 2.47. The molecule has 198 valence electrons. The van der Waals surface area contributed by atoms with Crippen LogP contribution < -0.4 is 15.4 Å². The SMILES string of the molecule is O=C(Nc1ccc(F)cc1)C1(C(=O)Nc2ccc(Oc3ccnc4cc(-c5cccnc5)ccc34)c(F)c2)CC1. The van der Waals surface area contributed by atoms with Gasteiger partial charge >= 0.3 is 0 Å². The predicted octanol–water partition coefficient (Wildman–Crippen LogP) is 6.72. The molecule has 2 heterocycles. The minimum atomic E-state index is -1.26. The number of anilines is 2. The molecule has 1 aliphatic carbocycles. The normalized spacial score (nSPS) is 13.4. The molecule has 0 radical (unpaired) electrons. The van der Waals surface area contributed by atoms with Crippen molar-refractivity contribution in [3.63, 3.8) is 0 Å². The lowest BCUT2D eigenvalue weighted by Gasteiger charge is -2.16. The number of nitrogens with zero attached hydrogens (tertiary/aromatic N) is 2. The van der Waals surface area contributed by atoms with Crippen LogP contribution in [0, 0.1) is 17.0 Å². The Labute approximate surface area is 227 Å². The van der Waals surface area contributed by atoms with Crippen molar-refractivity contribution in [3.8, 4) is 22.6 Å². The van der Waals surface area contributed by atoms with Gasteiger partial charge in [0.15, 0.2) is 11.6 Å². The summed E-state index contributed by atoms with van der Waals surface area (Å²) in [6.45, 7) is 0. The Bertz CT molecular complexity index is 1740. The van der Waals surface area contributed by atoms with Gasteiger partial charge in [0, 0.05) is 47.0 Å². The summed E-state index contributed by atoms with van der Waals surface area (Å²) in [7, 11) is 0. The third-order valence-electron chi connectivity index (χ3n) is 6.83. The number of hydrogen-bond donors (Lipinski definition) is 2. The van der Waals surface area contributed by atoms with E-state index in [-0.39, 0.29) is 11.4 Å². The van der Waals surface area contributed by atoms with Gasteiger partial charge in [0.2, 0.25) is 11.8 Å². The average molecular weight is 537 g/mol. The smallest absolute Gasteiger partial charge is 0.240 e. The van der Waals surface area contributed by atoms with Crippen molar-refractivity contribution in [3.05, 3.63) is 109 Å². The molecule has 2 aromatic heterocycles. The highest BCUT2D eigenvalue weighted by atomic mass is 19.1. The summed E-state index contributed by atoms with van der Waals surface area (Å²) in [5, 5.41) is 5.98. The third kappa shape index (κ3) is 4.96. The van der Waals surface area contributed by atoms with Crippen LogP contribution in [0.3, 0.4) is 0 Å². The molecule has 9 heteroatoms. The molecule has 1 saturated carbocycles. The van der Waals surface area contributed by atoms with Gasteiger partial charge in [-0.25, -0.2) is 8.78 Å². The van der Waals surface area contributed by atoms with E-state index in [1.165, 1.54) is 36.4 Å². The first kappa shape index (κ1) is 25.1. The van der Waals surface area contributed by atoms with Crippen LogP contribution in [0.25, 0.3) is 22.0 Å². The molecule has 1 fully saturated rings. The second-order valence-electron chi connectivity index (χ2n) is 9.53. The summed E-state index contributed by atoms with van der Waals surface area (Å²) in [5.74, 6) is -1.75. The quantitative estimate of drug-likeness (QED) is 0.225. The van der Waals surface area contributed by atoms with E-state index in [9.17, 15) is 14.0 Å². The number of carbonyl (C=O) groups is 2. The summed E-state index contributed by atoms with van der Waals surface area (Å²) < 4.78 is 34.1. The highest BCUT2D eigenvalue weighted by molar-refractivity contribution is 6.16. The number of carbonyl (C=O) groups excluding carboxylic acids is 2. The molecule has 6 rings (SSSR count). The zero-order chi connectivity index (χ0) is 27.7. The Hall–Kier alpha value is -5.18. The number of aromatic nitrogens is 2. The topological polar surface area (TPSA) is 93.2 Å². The van der Waals surface area contributed by atoms with E-state index in [2.05, 4.69) is 20.6 Å². The van der Waals surface area contributed by atoms with Crippen molar-refractivity contribution >= 4 is 34.1 Å². The number of hydrogen-bond acceptors (Lipinski definition) is 5. The Morgan fingerprint density at radius 2 is 1.52 bits per heavy atom. The van der Waals surface area contributed by atoms with Gasteiger partial charge in [-0.05, 0) is 79.1 Å². The van der Waals surface area contributed by atoms with Gasteiger partial charge in [0.25, 0.3) is 0 Å². The maximum absolute atomic E-state index is 15.1. The maximum atomic E-state index is 15.1. The van der Waals surface area contributed by atoms with Crippen molar-refractivity contribution < 1.29 is 23.1 Å². The van der Waals surface area contributed by atoms with E-state index in [0.717, 1.165) is 17.2 Å². The lowest BCUT2D eigenvalue weighted by molar-refractivity contribution is -0.131. The summed E-state index contributed by atoms with van der Waals surface area (Å²) >= 11 is 0. The summed E-state index contributed by atoms with van der Waals surface area (Å²) in [5.41, 5.74) is 1.88. The van der Waals surface area contributed by atoms with E-state index >= 15 is 4.39 Å². The first-order valence-electron chi connectivity index (χ1n) is 12.6. The molecule has 2 N–H and O–H groups in total. The molecular weight excluding hydrogens is 514 g/mol. The molecule has 0 unspecified atom stereocenters. The summed E-state index contributed by atoms with van der Waals surface area (Å²) in [6, 6.07) is 20.5. The van der Waals surface area contributed by atoms with E-state index < -0.39 is 28.9 Å². The third-order valence-corrected chi connectivity index (χ3v) is 6.83. The zero-order valence-electron chi connectivity index (χ0n) is 21.0. The number of benzene rings is 3. The minimum Gasteiger partial charge on any atom is -0.454 e. The van der Waals surface area contributed by atoms with Gasteiger partial charge in [0.05, 0.1) is 5.52 Å². The van der Waals surface area contributed by atoms with E-state index in [1.807, 2.05) is 30.3 Å². The van der Waals surface area contributed by atoms with Crippen molar-refractivity contribution in [2.75, 3.05) is 10.6 Å². The lowest BCUT2D eigenvalue weighted by Crippen LogP contribution is -2.35. The molecule has 5 aromatic rings. The fourth-order valence-corrected chi connectivity index (χ4v) is 4.42. The van der Waals surface area contributed by atoms with Crippen molar-refractivity contribution in [2.24, 2.45) is 5.41 Å². The molecule has 2 amide bonds. The average Bonchev–Trinajstić information content (AvgIpc) is 3.79. The molecule has 0 aliphatic heterocycles. The lowest BCUT2D eigenvalue weighted by atomic mass is 10.0. The first-order chi connectivity index (χ1) is 19.4. The number of amides is 2. The van der Waals surface area contributed by atoms with Gasteiger partial charge in [0.1, 0.15) is 17.0 Å². The Kier molecular flexibility index (Phi) is 6.39. The maximum Gasteiger partial charge on any atom is 0.240 e. The monoisotopic (exact) mass is 536 g/mol. The van der Waals surface area contributed by atoms with Crippen LogP contribution in [0.15, 0.2) is 97.5 Å². The van der Waals surface area contributed by atoms with Gasteiger partial charge in [-0.15, -0.1) is 0 Å². The van der Waals surface area contributed by atoms with Gasteiger partial charge < -0.3 is 15.4 Å². The summed E-state index contributed by atoms with van der Waals surface area (Å²) in [6.07, 6.45) is 5.76. The Balaban J connectivity index is 1.16. The summed E-state index contributed by atoms with van der Waals surface area (Å²) in [4.78, 5) is 34.3. The van der Waals surface area contributed by atoms with E-state index in [1.54, 1.807) is 24.7 Å². The number of halogens is 2. The molecule has 0 atom stereocenters. The van der Waals surface area contributed by atoms with Crippen LogP contribution in [-0.2, 0) is 9.59 Å². The van der Waals surface area contributed by atoms with Gasteiger partial charge in [-0.2, -0.15) is 0 Å². The van der Waals surface area contributed by atoms with Crippen molar-refractivity contribution in [1.82, 2.24) is 9.97 Å². The Morgan fingerprint density at radius 1 is 0.775 bits per heavy atom. The van der Waals surface area contributed by atoms with Crippen LogP contribution in [0.2, 0.25) is 0 Å². The molecule has 0 saturated heterocycles. The van der Waals surface area contributed by atoms with Crippen LogP contribution in [-0.4, -0.2) is 21.8 Å². The number of pyridine rings is 2. The Morgan fingerprint density at radius 3 is 2.23 bits per heavy atom. The van der Waals surface area contributed by atoms with Crippen molar-refractivity contribution in [2.45, 2.75) is 12.8 Å². The zero-order valence-corrected chi connectivity index (χ0v) is 21.0. The standard InChI is InChI=1S/C31H22F2N4O3/c32-21-4-6-22(7-5-21)36-29(38)31(12-13-31)30(39)37-23-8-10-28(25(33)17-23)40-27-11-15-35-26-16-19(3-9-24(26)27)20-2-1-14-34-18-20/h1-11,14-18H,12-13H2,(H,36,38)(H,37,39). The van der Waals surface area contributed by atoms with Crippen LogP contribution in [0.4, 0.5) is 20.2 Å². The second-order valence-corrected chi connectivity index (χ2v) is 9.53. The number of rotatable bonds is 7. The molecular formula is C31H22F2N4O3. The second kappa shape index (κ2) is 10.2. The highest BCUT2D eigenvalue weighted by Gasteiger charge is 2.56. The van der Waals surface area contributed by atoms with Gasteiger partial charge in [-0.3, -0.25) is 19.6 Å². The fraction of sp³-hybridized carbons (Fsp3) is 0.0968. The molecule has 3 aromatic carbocycles. The molecule has 0 bridgehead atoms. The first-order valence-corrected chi connectivity index (χ1v) is 12.6. The minimum absolute atomic E-state index is 0.0305.